The Hall–Kier alpha value is -2.17. The van der Waals surface area contributed by atoms with Gasteiger partial charge in [-0.1, -0.05) is 64.5 Å². The van der Waals surface area contributed by atoms with Gasteiger partial charge >= 0.3 is 0 Å². The summed E-state index contributed by atoms with van der Waals surface area (Å²) in [6.45, 7) is 3.38. The van der Waals surface area contributed by atoms with Gasteiger partial charge in [-0.3, -0.25) is 0 Å². The topological polar surface area (TPSA) is 21.3 Å². The Morgan fingerprint density at radius 3 is 2.35 bits per heavy atom. The third-order valence-corrected chi connectivity index (χ3v) is 5.04. The van der Waals surface area contributed by atoms with E-state index in [4.69, 9.17) is 17.0 Å². The number of hydrogen-bond acceptors (Lipinski definition) is 2. The van der Waals surface area contributed by atoms with Crippen molar-refractivity contribution in [2.75, 3.05) is 0 Å². The Labute approximate surface area is 168 Å². The fourth-order valence-corrected chi connectivity index (χ4v) is 3.01. The second-order valence-corrected chi connectivity index (χ2v) is 7.37. The van der Waals surface area contributed by atoms with Gasteiger partial charge in [-0.05, 0) is 60.0 Å². The number of benzene rings is 3. The molecule has 0 fully saturated rings. The van der Waals surface area contributed by atoms with E-state index in [0.29, 0.717) is 6.61 Å². The Morgan fingerprint density at radius 1 is 0.962 bits per heavy atom. The highest BCUT2D eigenvalue weighted by Crippen LogP contribution is 2.16. The lowest BCUT2D eigenvalue weighted by Gasteiger charge is -2.11. The van der Waals surface area contributed by atoms with Crippen LogP contribution in [0.3, 0.4) is 0 Å². The highest BCUT2D eigenvalue weighted by Gasteiger charge is 2.03. The number of aryl methyl sites for hydroxylation is 1. The summed E-state index contributed by atoms with van der Waals surface area (Å²) in [5, 5.41) is 3.32. The molecular formula is C22H20BrNOS. The van der Waals surface area contributed by atoms with Crippen molar-refractivity contribution < 1.29 is 4.74 Å². The van der Waals surface area contributed by atoms with E-state index >= 15 is 0 Å². The fraction of sp³-hybridized carbons (Fsp3) is 0.136. The third-order valence-electron chi connectivity index (χ3n) is 4.14. The van der Waals surface area contributed by atoms with Crippen LogP contribution >= 0.6 is 28.1 Å². The molecule has 0 unspecified atom stereocenters. The van der Waals surface area contributed by atoms with Gasteiger partial charge in [0.25, 0.3) is 0 Å². The van der Waals surface area contributed by atoms with Crippen LogP contribution in [0.1, 0.15) is 22.3 Å². The van der Waals surface area contributed by atoms with Gasteiger partial charge < -0.3 is 10.1 Å². The van der Waals surface area contributed by atoms with Crippen molar-refractivity contribution in [3.8, 4) is 5.75 Å². The molecule has 132 valence electrons. The number of hydrogen-bond donors (Lipinski definition) is 1. The monoisotopic (exact) mass is 425 g/mol. The average Bonchev–Trinajstić information content (AvgIpc) is 2.67. The van der Waals surface area contributed by atoms with Crippen molar-refractivity contribution >= 4 is 33.1 Å². The van der Waals surface area contributed by atoms with Gasteiger partial charge in [0.05, 0.1) is 0 Å². The van der Waals surface area contributed by atoms with E-state index in [-0.39, 0.29) is 0 Å². The van der Waals surface area contributed by atoms with Crippen LogP contribution in [0.15, 0.2) is 77.3 Å². The zero-order chi connectivity index (χ0) is 18.4. The minimum absolute atomic E-state index is 0.544. The van der Waals surface area contributed by atoms with Crippen LogP contribution in [0.5, 0.6) is 5.75 Å². The number of ether oxygens (including phenoxy) is 1. The first-order valence-electron chi connectivity index (χ1n) is 8.42. The standard InChI is InChI=1S/C22H20BrNOS/c1-16-4-2-3-5-19(16)14-24-22(26)18-8-12-21(13-9-18)25-15-17-6-10-20(23)11-7-17/h2-13H,14-15H2,1H3,(H,24,26). The van der Waals surface area contributed by atoms with Gasteiger partial charge in [-0.25, -0.2) is 0 Å². The summed E-state index contributed by atoms with van der Waals surface area (Å²) in [7, 11) is 0. The molecule has 0 bridgehead atoms. The second-order valence-electron chi connectivity index (χ2n) is 6.05. The summed E-state index contributed by atoms with van der Waals surface area (Å²) in [5.41, 5.74) is 4.64. The maximum Gasteiger partial charge on any atom is 0.119 e. The average molecular weight is 426 g/mol. The molecule has 0 aliphatic heterocycles. The maximum absolute atomic E-state index is 5.83. The van der Waals surface area contributed by atoms with E-state index in [2.05, 4.69) is 40.3 Å². The van der Waals surface area contributed by atoms with Crippen molar-refractivity contribution in [3.63, 3.8) is 0 Å². The fourth-order valence-electron chi connectivity index (χ4n) is 2.54. The molecule has 0 aliphatic carbocycles. The number of thiocarbonyl (C=S) groups is 1. The second kappa shape index (κ2) is 8.97. The SMILES string of the molecule is Cc1ccccc1CNC(=S)c1ccc(OCc2ccc(Br)cc2)cc1. The zero-order valence-corrected chi connectivity index (χ0v) is 16.9. The van der Waals surface area contributed by atoms with Crippen molar-refractivity contribution in [3.05, 3.63) is 99.5 Å². The van der Waals surface area contributed by atoms with Crippen molar-refractivity contribution in [2.24, 2.45) is 0 Å². The molecule has 0 saturated heterocycles. The minimum atomic E-state index is 0.544. The highest BCUT2D eigenvalue weighted by molar-refractivity contribution is 9.10. The molecule has 1 N–H and O–H groups in total. The van der Waals surface area contributed by atoms with Crippen molar-refractivity contribution in [1.82, 2.24) is 5.32 Å². The first-order chi connectivity index (χ1) is 12.6. The van der Waals surface area contributed by atoms with Crippen LogP contribution < -0.4 is 10.1 Å². The molecule has 0 spiro atoms. The Bertz CT molecular complexity index is 875. The molecule has 0 aliphatic rings. The van der Waals surface area contributed by atoms with E-state index in [1.807, 2.05) is 60.7 Å². The lowest BCUT2D eigenvalue weighted by molar-refractivity contribution is 0.306. The smallest absolute Gasteiger partial charge is 0.119 e. The van der Waals surface area contributed by atoms with Gasteiger partial charge in [-0.15, -0.1) is 0 Å². The van der Waals surface area contributed by atoms with Crippen LogP contribution in [-0.4, -0.2) is 4.99 Å². The molecule has 0 heterocycles. The normalized spacial score (nSPS) is 10.4. The molecule has 0 saturated carbocycles. The molecule has 0 atom stereocenters. The zero-order valence-electron chi connectivity index (χ0n) is 14.5. The van der Waals surface area contributed by atoms with Crippen molar-refractivity contribution in [1.29, 1.82) is 0 Å². The first kappa shape index (κ1) is 18.6. The molecule has 0 radical (unpaired) electrons. The lowest BCUT2D eigenvalue weighted by Crippen LogP contribution is -2.22. The number of halogens is 1. The van der Waals surface area contributed by atoms with Gasteiger partial charge in [0, 0.05) is 16.6 Å². The quantitative estimate of drug-likeness (QED) is 0.504. The Kier molecular flexibility index (Phi) is 6.42. The largest absolute Gasteiger partial charge is 0.489 e. The van der Waals surface area contributed by atoms with Gasteiger partial charge in [0.15, 0.2) is 0 Å². The van der Waals surface area contributed by atoms with Crippen molar-refractivity contribution in [2.45, 2.75) is 20.1 Å². The molecule has 0 amide bonds. The number of rotatable bonds is 6. The van der Waals surface area contributed by atoms with Gasteiger partial charge in [-0.2, -0.15) is 0 Å². The molecule has 3 aromatic rings. The molecule has 26 heavy (non-hydrogen) atoms. The van der Waals surface area contributed by atoms with Crippen LogP contribution in [0.2, 0.25) is 0 Å². The van der Waals surface area contributed by atoms with Gasteiger partial charge in [0.1, 0.15) is 17.3 Å². The van der Waals surface area contributed by atoms with E-state index < -0.39 is 0 Å². The summed E-state index contributed by atoms with van der Waals surface area (Å²) in [5.74, 6) is 0.832. The summed E-state index contributed by atoms with van der Waals surface area (Å²) in [6.07, 6.45) is 0. The molecule has 3 aromatic carbocycles. The summed E-state index contributed by atoms with van der Waals surface area (Å²) in [4.78, 5) is 0.743. The first-order valence-corrected chi connectivity index (χ1v) is 9.62. The van der Waals surface area contributed by atoms with Crippen LogP contribution in [-0.2, 0) is 13.2 Å². The van der Waals surface area contributed by atoms with Crippen LogP contribution in [0.4, 0.5) is 0 Å². The summed E-state index contributed by atoms with van der Waals surface area (Å²) >= 11 is 8.94. The Balaban J connectivity index is 1.54. The highest BCUT2D eigenvalue weighted by atomic mass is 79.9. The van der Waals surface area contributed by atoms with Gasteiger partial charge in [0.2, 0.25) is 0 Å². The van der Waals surface area contributed by atoms with E-state index in [1.165, 1.54) is 11.1 Å². The maximum atomic E-state index is 5.83. The van der Waals surface area contributed by atoms with Crippen LogP contribution in [0, 0.1) is 6.92 Å². The van der Waals surface area contributed by atoms with E-state index in [0.717, 1.165) is 32.9 Å². The van der Waals surface area contributed by atoms with Crippen LogP contribution in [0.25, 0.3) is 0 Å². The molecule has 2 nitrogen and oxygen atoms in total. The lowest BCUT2D eigenvalue weighted by atomic mass is 10.1. The summed E-state index contributed by atoms with van der Waals surface area (Å²) < 4.78 is 6.90. The molecular weight excluding hydrogens is 406 g/mol. The number of nitrogens with one attached hydrogen (secondary N) is 1. The van der Waals surface area contributed by atoms with E-state index in [1.54, 1.807) is 0 Å². The molecule has 4 heteroatoms. The molecule has 0 aromatic heterocycles. The van der Waals surface area contributed by atoms with E-state index in [9.17, 15) is 0 Å². The predicted octanol–water partition coefficient (Wildman–Crippen LogP) is 5.80. The third kappa shape index (κ3) is 5.16. The minimum Gasteiger partial charge on any atom is -0.489 e. The molecule has 3 rings (SSSR count). The predicted molar refractivity (Wildman–Crippen MR) is 115 cm³/mol. The summed E-state index contributed by atoms with van der Waals surface area (Å²) in [6, 6.07) is 24.3. The Morgan fingerprint density at radius 2 is 1.65 bits per heavy atom.